The molecule has 7 rings (SSSR count). The number of halogens is 4. The van der Waals surface area contributed by atoms with E-state index in [1.54, 1.807) is 12.1 Å². The zero-order chi connectivity index (χ0) is 26.0. The first kappa shape index (κ1) is 24.0. The summed E-state index contributed by atoms with van der Waals surface area (Å²) in [4.78, 5) is 4.92. The highest BCUT2D eigenvalue weighted by Crippen LogP contribution is 2.60. The van der Waals surface area contributed by atoms with E-state index in [4.69, 9.17) is 23.2 Å². The molecule has 2 nitrogen and oxygen atoms in total. The summed E-state index contributed by atoms with van der Waals surface area (Å²) in [6.07, 6.45) is 2.98. The first-order valence-corrected chi connectivity index (χ1v) is 13.9. The molecule has 0 aliphatic carbocycles. The Hall–Kier alpha value is -3.08. The topological polar surface area (TPSA) is 6.48 Å². The smallest absolute Gasteiger partial charge is 0.123 e. The molecule has 2 saturated heterocycles. The Morgan fingerprint density at radius 1 is 0.632 bits per heavy atom. The molecule has 4 aromatic rings. The second-order valence-electron chi connectivity index (χ2n) is 10.6. The van der Waals surface area contributed by atoms with Crippen LogP contribution in [0.1, 0.15) is 54.1 Å². The fourth-order valence-corrected chi connectivity index (χ4v) is 7.45. The van der Waals surface area contributed by atoms with E-state index in [-0.39, 0.29) is 35.7 Å². The maximum Gasteiger partial charge on any atom is 0.123 e. The predicted molar refractivity (Wildman–Crippen MR) is 150 cm³/mol. The Morgan fingerprint density at radius 3 is 1.89 bits per heavy atom. The zero-order valence-electron chi connectivity index (χ0n) is 20.6. The molecule has 0 bridgehead atoms. The molecule has 0 radical (unpaired) electrons. The van der Waals surface area contributed by atoms with Gasteiger partial charge in [0.2, 0.25) is 0 Å². The standard InChI is InChI=1S/C32H26Cl2F2N2/c33-21-5-1-19(2-6-21)28-15-16-30-27-18-31(20-3-7-22(34)8-4-20)37(25-12-9-23(35)10-13-25)32(27)26-17-24(36)11-14-29(26)38(28)30/h1-14,17,27-28,30-32H,15-16,18H2/t27-,28+,30+,31-,32+/m0/s1. The summed E-state index contributed by atoms with van der Waals surface area (Å²) in [6, 6.07) is 28.6. The molecule has 0 N–H and O–H groups in total. The van der Waals surface area contributed by atoms with Crippen molar-refractivity contribution in [3.05, 3.63) is 129 Å². The molecule has 3 heterocycles. The van der Waals surface area contributed by atoms with Crippen molar-refractivity contribution in [1.82, 2.24) is 0 Å². The van der Waals surface area contributed by atoms with E-state index in [1.807, 2.05) is 42.5 Å². The van der Waals surface area contributed by atoms with Gasteiger partial charge in [-0.3, -0.25) is 0 Å². The Balaban J connectivity index is 1.39. The van der Waals surface area contributed by atoms with Crippen LogP contribution in [0.5, 0.6) is 0 Å². The van der Waals surface area contributed by atoms with E-state index in [9.17, 15) is 8.78 Å². The van der Waals surface area contributed by atoms with Gasteiger partial charge in [0.15, 0.2) is 0 Å². The van der Waals surface area contributed by atoms with Crippen LogP contribution in [-0.4, -0.2) is 6.04 Å². The predicted octanol–water partition coefficient (Wildman–Crippen LogP) is 9.30. The van der Waals surface area contributed by atoms with Crippen LogP contribution >= 0.6 is 23.2 Å². The van der Waals surface area contributed by atoms with Gasteiger partial charge in [0.05, 0.1) is 18.1 Å². The number of benzene rings is 4. The lowest BCUT2D eigenvalue weighted by molar-refractivity contribution is 0.365. The summed E-state index contributed by atoms with van der Waals surface area (Å²) in [5, 5.41) is 1.42. The van der Waals surface area contributed by atoms with Crippen LogP contribution in [0.15, 0.2) is 91.0 Å². The minimum atomic E-state index is -0.268. The molecule has 0 amide bonds. The van der Waals surface area contributed by atoms with Crippen LogP contribution < -0.4 is 9.80 Å². The number of rotatable bonds is 3. The summed E-state index contributed by atoms with van der Waals surface area (Å²) >= 11 is 12.4. The molecule has 38 heavy (non-hydrogen) atoms. The maximum absolute atomic E-state index is 14.9. The molecular weight excluding hydrogens is 521 g/mol. The van der Waals surface area contributed by atoms with Crippen molar-refractivity contribution in [2.45, 2.75) is 43.4 Å². The van der Waals surface area contributed by atoms with E-state index in [0.717, 1.165) is 46.8 Å². The second kappa shape index (κ2) is 9.29. The third-order valence-corrected chi connectivity index (χ3v) is 9.18. The molecule has 5 atom stereocenters. The molecule has 6 heteroatoms. The normalized spacial score (nSPS) is 25.7. The molecule has 3 aliphatic heterocycles. The number of nitrogens with zero attached hydrogens (tertiary/aromatic N) is 2. The number of hydrogen-bond acceptors (Lipinski definition) is 2. The molecule has 2 fully saturated rings. The van der Waals surface area contributed by atoms with E-state index < -0.39 is 0 Å². The van der Waals surface area contributed by atoms with Crippen LogP contribution in [0.25, 0.3) is 0 Å². The average Bonchev–Trinajstić information content (AvgIpc) is 3.53. The molecule has 0 unspecified atom stereocenters. The highest BCUT2D eigenvalue weighted by Gasteiger charge is 2.54. The van der Waals surface area contributed by atoms with Crippen LogP contribution in [0.2, 0.25) is 10.0 Å². The molecule has 0 saturated carbocycles. The lowest BCUT2D eigenvalue weighted by atomic mass is 9.81. The molecule has 3 aliphatic rings. The Morgan fingerprint density at radius 2 is 1.24 bits per heavy atom. The highest BCUT2D eigenvalue weighted by molar-refractivity contribution is 6.30. The fourth-order valence-electron chi connectivity index (χ4n) is 7.20. The average molecular weight is 547 g/mol. The molecule has 4 aromatic carbocycles. The van der Waals surface area contributed by atoms with Gasteiger partial charge >= 0.3 is 0 Å². The van der Waals surface area contributed by atoms with Crippen molar-refractivity contribution >= 4 is 34.6 Å². The summed E-state index contributed by atoms with van der Waals surface area (Å²) in [5.74, 6) is -0.236. The van der Waals surface area contributed by atoms with Gasteiger partial charge in [-0.25, -0.2) is 8.78 Å². The third kappa shape index (κ3) is 3.88. The van der Waals surface area contributed by atoms with Crippen LogP contribution in [0.4, 0.5) is 20.2 Å². The van der Waals surface area contributed by atoms with Crippen molar-refractivity contribution < 1.29 is 8.78 Å². The first-order chi connectivity index (χ1) is 18.5. The summed E-state index contributed by atoms with van der Waals surface area (Å²) in [7, 11) is 0. The van der Waals surface area contributed by atoms with Gasteiger partial charge in [-0.05, 0) is 97.1 Å². The van der Waals surface area contributed by atoms with Crippen molar-refractivity contribution in [3.63, 3.8) is 0 Å². The van der Waals surface area contributed by atoms with Crippen molar-refractivity contribution in [3.8, 4) is 0 Å². The van der Waals surface area contributed by atoms with Gasteiger partial charge in [-0.2, -0.15) is 0 Å². The number of fused-ring (bicyclic) bond motifs is 6. The summed E-state index contributed by atoms with van der Waals surface area (Å²) in [5.41, 5.74) is 5.40. The lowest BCUT2D eigenvalue weighted by Crippen LogP contribution is -2.45. The van der Waals surface area contributed by atoms with Crippen molar-refractivity contribution in [2.24, 2.45) is 5.92 Å². The Labute approximate surface area is 231 Å². The monoisotopic (exact) mass is 546 g/mol. The zero-order valence-corrected chi connectivity index (χ0v) is 22.1. The van der Waals surface area contributed by atoms with Gasteiger partial charge in [0, 0.05) is 38.9 Å². The SMILES string of the molecule is Fc1ccc(N2[C@@H]3c4cc(F)ccc4N4[C@@H](c5ccc(Cl)cc5)CC[C@@H]4[C@@H]3C[C@H]2c2ccc(Cl)cc2)cc1. The van der Waals surface area contributed by atoms with Crippen LogP contribution in [-0.2, 0) is 0 Å². The number of anilines is 2. The first-order valence-electron chi connectivity index (χ1n) is 13.1. The van der Waals surface area contributed by atoms with Crippen molar-refractivity contribution in [1.29, 1.82) is 0 Å². The highest BCUT2D eigenvalue weighted by atomic mass is 35.5. The third-order valence-electron chi connectivity index (χ3n) is 8.68. The van der Waals surface area contributed by atoms with Gasteiger partial charge in [-0.1, -0.05) is 47.5 Å². The molecule has 0 aromatic heterocycles. The van der Waals surface area contributed by atoms with E-state index in [0.29, 0.717) is 11.1 Å². The fraction of sp³-hybridized carbons (Fsp3) is 0.250. The van der Waals surface area contributed by atoms with E-state index >= 15 is 0 Å². The Kier molecular flexibility index (Phi) is 5.86. The quantitative estimate of drug-likeness (QED) is 0.252. The molecule has 192 valence electrons. The second-order valence-corrected chi connectivity index (χ2v) is 11.5. The minimum absolute atomic E-state index is 0.0305. The van der Waals surface area contributed by atoms with E-state index in [2.05, 4.69) is 34.1 Å². The largest absolute Gasteiger partial charge is 0.361 e. The van der Waals surface area contributed by atoms with Crippen molar-refractivity contribution in [2.75, 3.05) is 9.80 Å². The molecular formula is C32H26Cl2F2N2. The van der Waals surface area contributed by atoms with Crippen LogP contribution in [0.3, 0.4) is 0 Å². The van der Waals surface area contributed by atoms with Crippen LogP contribution in [0, 0.1) is 17.6 Å². The van der Waals surface area contributed by atoms with Gasteiger partial charge in [0.1, 0.15) is 11.6 Å². The van der Waals surface area contributed by atoms with Gasteiger partial charge in [-0.15, -0.1) is 0 Å². The summed E-state index contributed by atoms with van der Waals surface area (Å²) < 4.78 is 28.9. The molecule has 0 spiro atoms. The Bertz CT molecular complexity index is 1470. The minimum Gasteiger partial charge on any atom is -0.361 e. The van der Waals surface area contributed by atoms with E-state index in [1.165, 1.54) is 17.7 Å². The maximum atomic E-state index is 14.9. The lowest BCUT2D eigenvalue weighted by Gasteiger charge is -2.46. The van der Waals surface area contributed by atoms with Gasteiger partial charge < -0.3 is 9.80 Å². The number of hydrogen-bond donors (Lipinski definition) is 0. The van der Waals surface area contributed by atoms with Gasteiger partial charge in [0.25, 0.3) is 0 Å². The summed E-state index contributed by atoms with van der Waals surface area (Å²) in [6.45, 7) is 0.